The van der Waals surface area contributed by atoms with Gasteiger partial charge >= 0.3 is 0 Å². The van der Waals surface area contributed by atoms with E-state index >= 15 is 0 Å². The van der Waals surface area contributed by atoms with E-state index in [1.165, 1.54) is 6.07 Å². The number of halogens is 1. The van der Waals surface area contributed by atoms with Crippen LogP contribution in [-0.2, 0) is 16.6 Å². The van der Waals surface area contributed by atoms with E-state index in [1.54, 1.807) is 18.2 Å². The minimum absolute atomic E-state index is 0.203. The zero-order valence-corrected chi connectivity index (χ0v) is 12.6. The number of anilines is 1. The predicted molar refractivity (Wildman–Crippen MR) is 78.9 cm³/mol. The summed E-state index contributed by atoms with van der Waals surface area (Å²) in [5, 5.41) is 0. The van der Waals surface area contributed by atoms with Crippen LogP contribution in [0.3, 0.4) is 0 Å². The molecule has 1 heterocycles. The zero-order chi connectivity index (χ0) is 14.0. The van der Waals surface area contributed by atoms with Crippen molar-refractivity contribution < 1.29 is 8.42 Å². The standard InChI is InChI=1S/C12H13ClN2O2S2/c1-8-9(3-2-4-10(8)14)7-15-19(16,17)12-6-5-11(13)18-12/h2-6,15H,7,14H2,1H3. The molecule has 0 aliphatic carbocycles. The molecular formula is C12H13ClN2O2S2. The number of nitrogen functional groups attached to an aromatic ring is 1. The van der Waals surface area contributed by atoms with Crippen LogP contribution < -0.4 is 10.5 Å². The van der Waals surface area contributed by atoms with Crippen molar-refractivity contribution in [3.8, 4) is 0 Å². The van der Waals surface area contributed by atoms with Crippen LogP contribution in [0.2, 0.25) is 4.34 Å². The summed E-state index contributed by atoms with van der Waals surface area (Å²) in [6.07, 6.45) is 0. The third kappa shape index (κ3) is 3.27. The molecule has 0 radical (unpaired) electrons. The molecule has 0 aliphatic heterocycles. The molecule has 0 fully saturated rings. The Morgan fingerprint density at radius 3 is 2.68 bits per heavy atom. The van der Waals surface area contributed by atoms with E-state index in [1.807, 2.05) is 13.0 Å². The molecule has 0 saturated heterocycles. The summed E-state index contributed by atoms with van der Waals surface area (Å²) in [5.41, 5.74) is 8.17. The van der Waals surface area contributed by atoms with Gasteiger partial charge in [-0.3, -0.25) is 0 Å². The Bertz CT molecular complexity index is 696. The van der Waals surface area contributed by atoms with Gasteiger partial charge in [-0.25, -0.2) is 13.1 Å². The summed E-state index contributed by atoms with van der Waals surface area (Å²) in [5.74, 6) is 0. The SMILES string of the molecule is Cc1c(N)cccc1CNS(=O)(=O)c1ccc(Cl)s1. The normalized spacial score (nSPS) is 11.7. The highest BCUT2D eigenvalue weighted by atomic mass is 35.5. The molecule has 0 aliphatic rings. The molecule has 7 heteroatoms. The van der Waals surface area contributed by atoms with Crippen LogP contribution in [0.15, 0.2) is 34.5 Å². The van der Waals surface area contributed by atoms with Crippen molar-refractivity contribution in [2.75, 3.05) is 5.73 Å². The number of benzene rings is 1. The number of nitrogens with one attached hydrogen (secondary N) is 1. The summed E-state index contributed by atoms with van der Waals surface area (Å²) in [7, 11) is -3.52. The highest BCUT2D eigenvalue weighted by Crippen LogP contribution is 2.25. The molecule has 4 nitrogen and oxygen atoms in total. The van der Waals surface area contributed by atoms with Gasteiger partial charge in [0, 0.05) is 12.2 Å². The molecule has 0 atom stereocenters. The van der Waals surface area contributed by atoms with Crippen LogP contribution in [0.4, 0.5) is 5.69 Å². The fraction of sp³-hybridized carbons (Fsp3) is 0.167. The Kier molecular flexibility index (Phi) is 4.15. The van der Waals surface area contributed by atoms with E-state index in [-0.39, 0.29) is 10.8 Å². The molecule has 102 valence electrons. The minimum Gasteiger partial charge on any atom is -0.399 e. The molecule has 3 N–H and O–H groups in total. The summed E-state index contributed by atoms with van der Waals surface area (Å²) in [4.78, 5) is 0. The van der Waals surface area contributed by atoms with Crippen LogP contribution in [-0.4, -0.2) is 8.42 Å². The van der Waals surface area contributed by atoms with Gasteiger partial charge in [0.2, 0.25) is 10.0 Å². The van der Waals surface area contributed by atoms with Gasteiger partial charge in [0.1, 0.15) is 4.21 Å². The van der Waals surface area contributed by atoms with Gasteiger partial charge in [0.05, 0.1) is 4.34 Å². The Morgan fingerprint density at radius 2 is 2.05 bits per heavy atom. The first-order chi connectivity index (χ1) is 8.90. The van der Waals surface area contributed by atoms with Gasteiger partial charge in [0.15, 0.2) is 0 Å². The number of hydrogen-bond donors (Lipinski definition) is 2. The van der Waals surface area contributed by atoms with Crippen LogP contribution in [0.1, 0.15) is 11.1 Å². The fourth-order valence-electron chi connectivity index (χ4n) is 1.58. The second-order valence-corrected chi connectivity index (χ2v) is 7.72. The topological polar surface area (TPSA) is 72.2 Å². The second kappa shape index (κ2) is 5.50. The molecule has 2 rings (SSSR count). The maximum absolute atomic E-state index is 12.0. The van der Waals surface area contributed by atoms with E-state index in [2.05, 4.69) is 4.72 Å². The van der Waals surface area contributed by atoms with Crippen LogP contribution in [0, 0.1) is 6.92 Å². The molecule has 19 heavy (non-hydrogen) atoms. The third-order valence-corrected chi connectivity index (χ3v) is 5.88. The average Bonchev–Trinajstić information content (AvgIpc) is 2.79. The predicted octanol–water partition coefficient (Wildman–Crippen LogP) is 2.77. The van der Waals surface area contributed by atoms with E-state index in [9.17, 15) is 8.42 Å². The fourth-order valence-corrected chi connectivity index (χ4v) is 4.11. The van der Waals surface area contributed by atoms with Crippen LogP contribution in [0.5, 0.6) is 0 Å². The molecular weight excluding hydrogens is 304 g/mol. The number of rotatable bonds is 4. The number of thiophene rings is 1. The molecule has 0 spiro atoms. The molecule has 0 saturated carbocycles. The summed E-state index contributed by atoms with van der Waals surface area (Å²) in [6, 6.07) is 8.48. The van der Waals surface area contributed by atoms with Gasteiger partial charge in [-0.05, 0) is 36.2 Å². The molecule has 0 amide bonds. The first-order valence-electron chi connectivity index (χ1n) is 5.49. The highest BCUT2D eigenvalue weighted by Gasteiger charge is 2.16. The molecule has 2 aromatic rings. The zero-order valence-electron chi connectivity index (χ0n) is 10.2. The first kappa shape index (κ1) is 14.3. The smallest absolute Gasteiger partial charge is 0.250 e. The molecule has 0 unspecified atom stereocenters. The molecule has 1 aromatic carbocycles. The van der Waals surface area contributed by atoms with Crippen LogP contribution >= 0.6 is 22.9 Å². The van der Waals surface area contributed by atoms with Gasteiger partial charge in [-0.15, -0.1) is 11.3 Å². The Morgan fingerprint density at radius 1 is 1.32 bits per heavy atom. The average molecular weight is 317 g/mol. The lowest BCUT2D eigenvalue weighted by molar-refractivity contribution is 0.583. The van der Waals surface area contributed by atoms with E-state index in [0.717, 1.165) is 22.5 Å². The maximum Gasteiger partial charge on any atom is 0.250 e. The molecule has 1 aromatic heterocycles. The minimum atomic E-state index is -3.52. The number of hydrogen-bond acceptors (Lipinski definition) is 4. The van der Waals surface area contributed by atoms with Gasteiger partial charge < -0.3 is 5.73 Å². The van der Waals surface area contributed by atoms with Gasteiger partial charge in [-0.2, -0.15) is 0 Å². The third-order valence-electron chi connectivity index (χ3n) is 2.75. The number of nitrogens with two attached hydrogens (primary N) is 1. The molecule has 0 bridgehead atoms. The van der Waals surface area contributed by atoms with E-state index in [0.29, 0.717) is 10.0 Å². The maximum atomic E-state index is 12.0. The summed E-state index contributed by atoms with van der Waals surface area (Å²) >= 11 is 6.77. The van der Waals surface area contributed by atoms with E-state index in [4.69, 9.17) is 17.3 Å². The summed E-state index contributed by atoms with van der Waals surface area (Å²) < 4.78 is 27.2. The van der Waals surface area contributed by atoms with Crippen molar-refractivity contribution in [2.45, 2.75) is 17.7 Å². The van der Waals surface area contributed by atoms with Gasteiger partial charge in [-0.1, -0.05) is 23.7 Å². The Balaban J connectivity index is 2.16. The van der Waals surface area contributed by atoms with Crippen molar-refractivity contribution in [3.63, 3.8) is 0 Å². The quantitative estimate of drug-likeness (QED) is 0.852. The summed E-state index contributed by atoms with van der Waals surface area (Å²) in [6.45, 7) is 2.07. The van der Waals surface area contributed by atoms with E-state index < -0.39 is 10.0 Å². The first-order valence-corrected chi connectivity index (χ1v) is 8.17. The van der Waals surface area contributed by atoms with Crippen molar-refractivity contribution in [1.29, 1.82) is 0 Å². The van der Waals surface area contributed by atoms with Gasteiger partial charge in [0.25, 0.3) is 0 Å². The lowest BCUT2D eigenvalue weighted by Gasteiger charge is -2.09. The largest absolute Gasteiger partial charge is 0.399 e. The Hall–Kier alpha value is -1.08. The number of sulfonamides is 1. The van der Waals surface area contributed by atoms with Crippen molar-refractivity contribution in [2.24, 2.45) is 0 Å². The van der Waals surface area contributed by atoms with Crippen molar-refractivity contribution >= 4 is 38.6 Å². The Labute approximate surface area is 121 Å². The lowest BCUT2D eigenvalue weighted by Crippen LogP contribution is -2.22. The van der Waals surface area contributed by atoms with Crippen molar-refractivity contribution in [3.05, 3.63) is 45.8 Å². The second-order valence-electron chi connectivity index (χ2n) is 4.01. The van der Waals surface area contributed by atoms with Crippen LogP contribution in [0.25, 0.3) is 0 Å². The lowest BCUT2D eigenvalue weighted by atomic mass is 10.1. The highest BCUT2D eigenvalue weighted by molar-refractivity contribution is 7.91. The monoisotopic (exact) mass is 316 g/mol. The van der Waals surface area contributed by atoms with Crippen molar-refractivity contribution in [1.82, 2.24) is 4.72 Å².